The molecular formula is C2H4BrN3S2. The quantitative estimate of drug-likeness (QED) is 0.458. The highest BCUT2D eigenvalue weighted by Crippen LogP contribution is 2.41. The number of hydrogen-bond acceptors (Lipinski definition) is 4. The number of halogens is 1. The number of rotatable bonds is 0. The third-order valence-electron chi connectivity index (χ3n) is 0.543. The molecular weight excluding hydrogens is 210 g/mol. The molecule has 0 bridgehead atoms. The first-order valence-corrected chi connectivity index (χ1v) is 6.15. The maximum atomic E-state index is 5.36. The van der Waals surface area contributed by atoms with Gasteiger partial charge in [-0.05, 0) is 33.6 Å². The van der Waals surface area contributed by atoms with Crippen LogP contribution in [-0.2, 0) is 0 Å². The fraction of sp³-hybridized carbons (Fsp3) is 0. The van der Waals surface area contributed by atoms with Crippen molar-refractivity contribution in [3.8, 4) is 0 Å². The second kappa shape index (κ2) is 2.38. The van der Waals surface area contributed by atoms with E-state index < -0.39 is 0 Å². The summed E-state index contributed by atoms with van der Waals surface area (Å²) >= 11 is 3.28. The maximum absolute atomic E-state index is 5.36. The highest BCUT2D eigenvalue weighted by molar-refractivity contribution is 9.65. The molecule has 0 aromatic rings. The number of amidine groups is 1. The van der Waals surface area contributed by atoms with E-state index in [1.807, 2.05) is 0 Å². The number of hydrogen-bond donors (Lipinski definition) is 2. The van der Waals surface area contributed by atoms with Crippen LogP contribution in [0.25, 0.3) is 0 Å². The lowest BCUT2D eigenvalue weighted by atomic mass is 11.1. The maximum Gasteiger partial charge on any atom is 0.172 e. The molecule has 8 heavy (non-hydrogen) atoms. The van der Waals surface area contributed by atoms with Gasteiger partial charge in [-0.1, -0.05) is 0 Å². The van der Waals surface area contributed by atoms with Crippen molar-refractivity contribution in [2.24, 2.45) is 16.5 Å². The summed E-state index contributed by atoms with van der Waals surface area (Å²) < 4.78 is 0. The molecule has 1 unspecified atom stereocenters. The molecule has 0 amide bonds. The molecule has 1 heterocycles. The second-order valence-corrected chi connectivity index (χ2v) is 7.27. The summed E-state index contributed by atoms with van der Waals surface area (Å²) in [5.74, 6) is 0. The molecule has 1 rings (SSSR count). The predicted octanol–water partition coefficient (Wildman–Crippen LogP) is 0.588. The molecule has 0 radical (unpaired) electrons. The molecule has 0 aromatic carbocycles. The first kappa shape index (κ1) is 6.60. The van der Waals surface area contributed by atoms with Crippen LogP contribution < -0.4 is 11.5 Å². The van der Waals surface area contributed by atoms with Crippen LogP contribution in [0.4, 0.5) is 0 Å². The van der Waals surface area contributed by atoms with Crippen molar-refractivity contribution in [1.29, 1.82) is 0 Å². The molecule has 4 N–H and O–H groups in total. The van der Waals surface area contributed by atoms with E-state index in [1.165, 1.54) is 10.8 Å². The molecule has 46 valence electrons. The lowest BCUT2D eigenvalue weighted by Gasteiger charge is -1.85. The van der Waals surface area contributed by atoms with Gasteiger partial charge in [-0.25, -0.2) is 4.99 Å². The van der Waals surface area contributed by atoms with Crippen molar-refractivity contribution in [2.45, 2.75) is 0 Å². The Morgan fingerprint density at radius 3 is 2.38 bits per heavy atom. The Kier molecular flexibility index (Phi) is 1.97. The number of aliphatic imine (C=N–C) groups is 1. The first-order valence-electron chi connectivity index (χ1n) is 1.75. The van der Waals surface area contributed by atoms with Crippen LogP contribution in [0.1, 0.15) is 0 Å². The van der Waals surface area contributed by atoms with E-state index in [1.54, 1.807) is 0 Å². The fourth-order valence-electron chi connectivity index (χ4n) is 0.281. The molecule has 3 nitrogen and oxygen atoms in total. The van der Waals surface area contributed by atoms with E-state index in [0.717, 1.165) is 0 Å². The van der Waals surface area contributed by atoms with Crippen LogP contribution in [0.15, 0.2) is 4.99 Å². The van der Waals surface area contributed by atoms with Crippen LogP contribution in [0.2, 0.25) is 0 Å². The molecule has 1 aliphatic heterocycles. The second-order valence-electron chi connectivity index (χ2n) is 1.10. The summed E-state index contributed by atoms with van der Waals surface area (Å²) in [5.41, 5.74) is 10.7. The standard InChI is InChI=1S/C2H4BrN3S2/c3-8-2(5)6-1(4)7-8/h5H2,(H2,4,6). The van der Waals surface area contributed by atoms with Gasteiger partial charge in [-0.2, -0.15) is 0 Å². The number of nitrogens with two attached hydrogens (primary N) is 2. The smallest absolute Gasteiger partial charge is 0.172 e. The Balaban J connectivity index is 2.79. The fourth-order valence-corrected chi connectivity index (χ4v) is 3.24. The summed E-state index contributed by atoms with van der Waals surface area (Å²) in [6.07, 6.45) is 0. The minimum Gasteiger partial charge on any atom is -0.377 e. The molecule has 0 aliphatic carbocycles. The predicted molar refractivity (Wildman–Crippen MR) is 44.9 cm³/mol. The lowest BCUT2D eigenvalue weighted by molar-refractivity contribution is 1.60. The molecule has 0 spiro atoms. The van der Waals surface area contributed by atoms with Crippen molar-refractivity contribution < 1.29 is 0 Å². The van der Waals surface area contributed by atoms with Crippen LogP contribution in [0.3, 0.4) is 0 Å². The Morgan fingerprint density at radius 1 is 1.62 bits per heavy atom. The van der Waals surface area contributed by atoms with Gasteiger partial charge in [0.25, 0.3) is 0 Å². The third-order valence-corrected chi connectivity index (χ3v) is 5.02. The highest BCUT2D eigenvalue weighted by Gasteiger charge is 2.08. The summed E-state index contributed by atoms with van der Waals surface area (Å²) in [6, 6.07) is 0. The normalized spacial score (nSPS) is 28.5. The van der Waals surface area contributed by atoms with Crippen LogP contribution in [0, 0.1) is 0 Å². The summed E-state index contributed by atoms with van der Waals surface area (Å²) in [4.78, 5) is 3.79. The van der Waals surface area contributed by atoms with Crippen LogP contribution in [-0.4, -0.2) is 10.3 Å². The average Bonchev–Trinajstić information content (AvgIpc) is 1.85. The molecule has 0 fully saturated rings. The largest absolute Gasteiger partial charge is 0.377 e. The lowest BCUT2D eigenvalue weighted by Crippen LogP contribution is -2.08. The van der Waals surface area contributed by atoms with Gasteiger partial charge in [0, 0.05) is 0 Å². The third kappa shape index (κ3) is 1.25. The van der Waals surface area contributed by atoms with Gasteiger partial charge in [0.1, 0.15) is 0 Å². The zero-order chi connectivity index (χ0) is 6.15. The topological polar surface area (TPSA) is 64.4 Å². The minimum absolute atomic E-state index is 0.153. The first-order chi connectivity index (χ1) is 3.70. The van der Waals surface area contributed by atoms with Crippen LogP contribution >= 0.6 is 33.6 Å². The van der Waals surface area contributed by atoms with Crippen molar-refractivity contribution in [3.05, 3.63) is 0 Å². The van der Waals surface area contributed by atoms with Crippen molar-refractivity contribution in [3.63, 3.8) is 0 Å². The van der Waals surface area contributed by atoms with Crippen molar-refractivity contribution in [2.75, 3.05) is 0 Å². The van der Waals surface area contributed by atoms with Gasteiger partial charge in [0.2, 0.25) is 0 Å². The van der Waals surface area contributed by atoms with Gasteiger partial charge in [0.15, 0.2) is 10.3 Å². The summed E-state index contributed by atoms with van der Waals surface area (Å²) in [7, 11) is 1.29. The zero-order valence-corrected chi connectivity index (χ0v) is 7.02. The zero-order valence-electron chi connectivity index (χ0n) is 3.80. The van der Waals surface area contributed by atoms with E-state index in [-0.39, 0.29) is 7.95 Å². The molecule has 6 heteroatoms. The van der Waals surface area contributed by atoms with E-state index in [4.69, 9.17) is 11.5 Å². The van der Waals surface area contributed by atoms with Crippen molar-refractivity contribution in [1.82, 2.24) is 0 Å². The number of nitrogens with zero attached hydrogens (tertiary/aromatic N) is 1. The van der Waals surface area contributed by atoms with E-state index in [9.17, 15) is 0 Å². The Hall–Kier alpha value is 0.480. The molecule has 0 aromatic heterocycles. The minimum atomic E-state index is -0.153. The van der Waals surface area contributed by atoms with Crippen molar-refractivity contribution >= 4 is 43.8 Å². The Bertz CT molecular complexity index is 174. The summed E-state index contributed by atoms with van der Waals surface area (Å²) in [5, 5.41) is 1.12. The molecule has 0 saturated carbocycles. The SMILES string of the molecule is NC1=NC(N)=S(Br)S1. The van der Waals surface area contributed by atoms with Gasteiger partial charge in [0.05, 0.1) is 0 Å². The molecule has 1 aliphatic rings. The molecule has 1 atom stereocenters. The Labute approximate surface area is 60.4 Å². The average molecular weight is 214 g/mol. The van der Waals surface area contributed by atoms with E-state index in [2.05, 4.69) is 19.8 Å². The van der Waals surface area contributed by atoms with Gasteiger partial charge >= 0.3 is 0 Å². The Morgan fingerprint density at radius 2 is 2.25 bits per heavy atom. The monoisotopic (exact) mass is 213 g/mol. The van der Waals surface area contributed by atoms with Crippen LogP contribution in [0.5, 0.6) is 0 Å². The van der Waals surface area contributed by atoms with Gasteiger partial charge < -0.3 is 5.73 Å². The van der Waals surface area contributed by atoms with Gasteiger partial charge in [-0.3, -0.25) is 5.73 Å². The highest BCUT2D eigenvalue weighted by atomic mass is 79.9. The van der Waals surface area contributed by atoms with E-state index >= 15 is 0 Å². The molecule has 0 saturated heterocycles. The van der Waals surface area contributed by atoms with E-state index in [0.29, 0.717) is 10.3 Å². The summed E-state index contributed by atoms with van der Waals surface area (Å²) in [6.45, 7) is 0. The van der Waals surface area contributed by atoms with Gasteiger partial charge in [-0.15, -0.1) is 0 Å².